The average Bonchev–Trinajstić information content (AvgIpc) is 2.37. The summed E-state index contributed by atoms with van der Waals surface area (Å²) in [5, 5.41) is 9.72. The molecule has 0 aromatic heterocycles. The molecule has 1 unspecified atom stereocenters. The van der Waals surface area contributed by atoms with Crippen molar-refractivity contribution >= 4 is 25.8 Å². The third kappa shape index (κ3) is 5.13. The van der Waals surface area contributed by atoms with Gasteiger partial charge in [0.05, 0.1) is 15.7 Å². The number of hydrogen-bond donors (Lipinski definition) is 2. The lowest BCUT2D eigenvalue weighted by molar-refractivity contribution is -0.188. The Kier molecular flexibility index (Phi) is 5.80. The largest absolute Gasteiger partial charge is 0.507 e. The number of phenolic OH excluding ortho intramolecular Hbond substituents is 1. The van der Waals surface area contributed by atoms with Crippen LogP contribution in [0.3, 0.4) is 0 Å². The summed E-state index contributed by atoms with van der Waals surface area (Å²) in [6.07, 6.45) is -8.18. The summed E-state index contributed by atoms with van der Waals surface area (Å²) in [6.45, 7) is 0. The maximum atomic E-state index is 12.8. The molecule has 1 aromatic rings. The van der Waals surface area contributed by atoms with Gasteiger partial charge >= 0.3 is 6.18 Å². The van der Waals surface area contributed by atoms with E-state index in [2.05, 4.69) is 4.74 Å². The quantitative estimate of drug-likeness (QED) is 0.597. The zero-order chi connectivity index (χ0) is 17.1. The number of rotatable bonds is 6. The van der Waals surface area contributed by atoms with Gasteiger partial charge in [-0.2, -0.15) is 21.6 Å². The van der Waals surface area contributed by atoms with Crippen molar-refractivity contribution in [2.45, 2.75) is 24.9 Å². The highest BCUT2D eigenvalue weighted by atomic mass is 32.2. The van der Waals surface area contributed by atoms with E-state index in [1.54, 1.807) is 0 Å². The third-order valence-electron chi connectivity index (χ3n) is 2.69. The third-order valence-corrected chi connectivity index (χ3v) is 3.41. The second-order valence-electron chi connectivity index (χ2n) is 4.40. The van der Waals surface area contributed by atoms with E-state index in [-0.39, 0.29) is 35.3 Å². The van der Waals surface area contributed by atoms with E-state index in [1.165, 1.54) is 0 Å². The van der Waals surface area contributed by atoms with Crippen molar-refractivity contribution in [1.82, 2.24) is 0 Å². The van der Waals surface area contributed by atoms with E-state index < -0.39 is 28.2 Å². The minimum Gasteiger partial charge on any atom is -0.507 e. The second kappa shape index (κ2) is 6.82. The fourth-order valence-electron chi connectivity index (χ4n) is 1.66. The van der Waals surface area contributed by atoms with Gasteiger partial charge in [0.15, 0.2) is 0 Å². The lowest BCUT2D eigenvalue weighted by atomic mass is 9.89. The van der Waals surface area contributed by atoms with Crippen molar-refractivity contribution in [2.75, 3.05) is 5.75 Å². The van der Waals surface area contributed by atoms with Gasteiger partial charge in [0, 0.05) is 0 Å². The SMILES string of the molecule is [B]Cc1cc(OC(CS(=O)(=O)O)C(F)(F)F)cc(C[B])c1O. The monoisotopic (exact) mass is 334 g/mol. The fraction of sp³-hybridized carbons (Fsp3) is 0.455. The van der Waals surface area contributed by atoms with Gasteiger partial charge in [0.1, 0.15) is 17.3 Å². The molecule has 118 valence electrons. The Labute approximate surface area is 128 Å². The molecule has 22 heavy (non-hydrogen) atoms. The minimum absolute atomic E-state index is 0.0886. The van der Waals surface area contributed by atoms with Gasteiger partial charge in [-0.05, 0) is 23.3 Å². The predicted octanol–water partition coefficient (Wildman–Crippen LogP) is 0.927. The zero-order valence-corrected chi connectivity index (χ0v) is 12.0. The fourth-order valence-corrected chi connectivity index (χ4v) is 2.30. The topological polar surface area (TPSA) is 83.8 Å². The summed E-state index contributed by atoms with van der Waals surface area (Å²) < 4.78 is 72.9. The summed E-state index contributed by atoms with van der Waals surface area (Å²) in [5.41, 5.74) is 0.177. The normalized spacial score (nSPS) is 13.8. The molecule has 4 radical (unpaired) electrons. The van der Waals surface area contributed by atoms with Gasteiger partial charge in [-0.1, -0.05) is 12.6 Å². The van der Waals surface area contributed by atoms with Crippen LogP contribution in [0.2, 0.25) is 0 Å². The number of alkyl halides is 3. The smallest absolute Gasteiger partial charge is 0.426 e. The molecule has 1 rings (SSSR count). The van der Waals surface area contributed by atoms with Crippen LogP contribution in [-0.2, 0) is 22.8 Å². The molecule has 0 aliphatic carbocycles. The molecule has 2 N–H and O–H groups in total. The summed E-state index contributed by atoms with van der Waals surface area (Å²) in [6, 6.07) is 2.08. The van der Waals surface area contributed by atoms with Crippen LogP contribution in [0.4, 0.5) is 13.2 Å². The summed E-state index contributed by atoms with van der Waals surface area (Å²) in [7, 11) is 5.78. The first-order valence-electron chi connectivity index (χ1n) is 5.91. The first-order chi connectivity index (χ1) is 9.97. The van der Waals surface area contributed by atoms with E-state index in [0.29, 0.717) is 0 Å². The molecule has 0 aliphatic heterocycles. The highest BCUT2D eigenvalue weighted by Gasteiger charge is 2.44. The van der Waals surface area contributed by atoms with Crippen LogP contribution >= 0.6 is 0 Å². The molecule has 1 atom stereocenters. The number of aromatic hydroxyl groups is 1. The molecule has 0 amide bonds. The van der Waals surface area contributed by atoms with Crippen LogP contribution in [0.15, 0.2) is 12.1 Å². The number of halogens is 3. The highest BCUT2D eigenvalue weighted by molar-refractivity contribution is 7.85. The molecule has 0 bridgehead atoms. The molecule has 11 heteroatoms. The van der Waals surface area contributed by atoms with Crippen molar-refractivity contribution in [2.24, 2.45) is 0 Å². The summed E-state index contributed by atoms with van der Waals surface area (Å²) in [4.78, 5) is 0. The lowest BCUT2D eigenvalue weighted by Crippen LogP contribution is -2.40. The van der Waals surface area contributed by atoms with Gasteiger partial charge in [-0.3, -0.25) is 4.55 Å². The van der Waals surface area contributed by atoms with Crippen LogP contribution in [0.5, 0.6) is 11.5 Å². The molecule has 0 spiro atoms. The molecule has 0 saturated carbocycles. The molecular weight excluding hydrogens is 323 g/mol. The summed E-state index contributed by atoms with van der Waals surface area (Å²) >= 11 is 0. The van der Waals surface area contributed by atoms with Crippen LogP contribution in [0.25, 0.3) is 0 Å². The highest BCUT2D eigenvalue weighted by Crippen LogP contribution is 2.32. The van der Waals surface area contributed by atoms with E-state index in [9.17, 15) is 26.7 Å². The Morgan fingerprint density at radius 2 is 1.64 bits per heavy atom. The van der Waals surface area contributed by atoms with Gasteiger partial charge in [-0.15, -0.1) is 0 Å². The van der Waals surface area contributed by atoms with Gasteiger partial charge in [0.2, 0.25) is 6.10 Å². The van der Waals surface area contributed by atoms with E-state index in [0.717, 1.165) is 12.1 Å². The molecular formula is C11H11B2F3O5S. The van der Waals surface area contributed by atoms with Crippen LogP contribution in [0.1, 0.15) is 11.1 Å². The Morgan fingerprint density at radius 1 is 1.18 bits per heavy atom. The number of phenols is 1. The first-order valence-corrected chi connectivity index (χ1v) is 7.52. The van der Waals surface area contributed by atoms with Gasteiger partial charge in [-0.25, -0.2) is 0 Å². The maximum Gasteiger partial charge on any atom is 0.426 e. The van der Waals surface area contributed by atoms with Gasteiger partial charge in [0.25, 0.3) is 10.1 Å². The second-order valence-corrected chi connectivity index (χ2v) is 5.89. The van der Waals surface area contributed by atoms with E-state index in [4.69, 9.17) is 20.2 Å². The Morgan fingerprint density at radius 3 is 1.95 bits per heavy atom. The standard InChI is InChI=1S/C11H11B2F3O5S/c12-3-6-1-8(2-7(4-13)10(6)17)21-9(11(14,15)16)5-22(18,19)20/h1-2,9,17H,3-5H2,(H,18,19,20). The molecule has 0 heterocycles. The number of ether oxygens (including phenoxy) is 1. The molecule has 0 fully saturated rings. The predicted molar refractivity (Wildman–Crippen MR) is 73.9 cm³/mol. The van der Waals surface area contributed by atoms with Crippen molar-refractivity contribution in [3.8, 4) is 11.5 Å². The Bertz CT molecular complexity index is 608. The van der Waals surface area contributed by atoms with Gasteiger partial charge < -0.3 is 9.84 Å². The Hall–Kier alpha value is -1.35. The van der Waals surface area contributed by atoms with E-state index in [1.807, 2.05) is 0 Å². The van der Waals surface area contributed by atoms with Crippen LogP contribution < -0.4 is 4.74 Å². The lowest BCUT2D eigenvalue weighted by Gasteiger charge is -2.22. The molecule has 0 saturated heterocycles. The molecule has 1 aromatic carbocycles. The maximum absolute atomic E-state index is 12.8. The minimum atomic E-state index is -5.03. The molecule has 0 aliphatic rings. The first kappa shape index (κ1) is 18.7. The number of benzene rings is 1. The van der Waals surface area contributed by atoms with Crippen molar-refractivity contribution in [1.29, 1.82) is 0 Å². The number of hydrogen-bond acceptors (Lipinski definition) is 4. The molecule has 5 nitrogen and oxygen atoms in total. The van der Waals surface area contributed by atoms with Crippen LogP contribution in [-0.4, -0.2) is 51.8 Å². The van der Waals surface area contributed by atoms with Crippen molar-refractivity contribution < 1.29 is 36.0 Å². The zero-order valence-electron chi connectivity index (χ0n) is 11.2. The Balaban J connectivity index is 3.18. The van der Waals surface area contributed by atoms with Crippen LogP contribution in [0, 0.1) is 0 Å². The average molecular weight is 334 g/mol. The summed E-state index contributed by atoms with van der Waals surface area (Å²) in [5.74, 6) is -2.30. The van der Waals surface area contributed by atoms with Crippen molar-refractivity contribution in [3.05, 3.63) is 23.3 Å². The van der Waals surface area contributed by atoms with Crippen molar-refractivity contribution in [3.63, 3.8) is 0 Å². The van der Waals surface area contributed by atoms with E-state index >= 15 is 0 Å².